The van der Waals surface area contributed by atoms with E-state index in [-0.39, 0.29) is 6.61 Å². The van der Waals surface area contributed by atoms with Crippen molar-refractivity contribution in [2.45, 2.75) is 18.9 Å². The van der Waals surface area contributed by atoms with Crippen LogP contribution in [-0.4, -0.2) is 48.8 Å². The van der Waals surface area contributed by atoms with E-state index in [1.54, 1.807) is 0 Å². The molecular formula is C10H18N2O. The summed E-state index contributed by atoms with van der Waals surface area (Å²) in [6.07, 6.45) is 7.73. The molecule has 0 saturated carbocycles. The Hall–Kier alpha value is -0.560. The van der Waals surface area contributed by atoms with E-state index in [0.29, 0.717) is 19.1 Å². The fraction of sp³-hybridized carbons (Fsp3) is 0.800. The SMILES string of the molecule is C#CCN(CCO)CC1CCCN1. The molecule has 1 unspecified atom stereocenters. The van der Waals surface area contributed by atoms with Crippen molar-refractivity contribution in [3.8, 4) is 12.3 Å². The first-order valence-electron chi connectivity index (χ1n) is 4.87. The van der Waals surface area contributed by atoms with Crippen molar-refractivity contribution in [1.29, 1.82) is 0 Å². The Morgan fingerprint density at radius 2 is 2.46 bits per heavy atom. The van der Waals surface area contributed by atoms with Crippen LogP contribution in [0.25, 0.3) is 0 Å². The molecule has 0 spiro atoms. The van der Waals surface area contributed by atoms with Crippen LogP contribution >= 0.6 is 0 Å². The minimum Gasteiger partial charge on any atom is -0.395 e. The second-order valence-electron chi connectivity index (χ2n) is 3.46. The molecule has 3 nitrogen and oxygen atoms in total. The molecule has 1 atom stereocenters. The second-order valence-corrected chi connectivity index (χ2v) is 3.46. The van der Waals surface area contributed by atoms with Crippen molar-refractivity contribution in [3.63, 3.8) is 0 Å². The lowest BCUT2D eigenvalue weighted by atomic mass is 10.2. The third-order valence-electron chi connectivity index (χ3n) is 2.37. The van der Waals surface area contributed by atoms with Gasteiger partial charge in [0.15, 0.2) is 0 Å². The van der Waals surface area contributed by atoms with Gasteiger partial charge in [-0.2, -0.15) is 0 Å². The molecule has 3 heteroatoms. The highest BCUT2D eigenvalue weighted by Crippen LogP contribution is 2.06. The van der Waals surface area contributed by atoms with Gasteiger partial charge in [0.05, 0.1) is 13.2 Å². The van der Waals surface area contributed by atoms with Crippen LogP contribution in [0.15, 0.2) is 0 Å². The Labute approximate surface area is 80.1 Å². The molecule has 0 radical (unpaired) electrons. The molecule has 0 aliphatic carbocycles. The van der Waals surface area contributed by atoms with Gasteiger partial charge < -0.3 is 10.4 Å². The maximum absolute atomic E-state index is 8.81. The first kappa shape index (κ1) is 10.5. The van der Waals surface area contributed by atoms with Crippen LogP contribution in [-0.2, 0) is 0 Å². The Bertz CT molecular complexity index is 170. The number of rotatable bonds is 5. The Balaban J connectivity index is 2.24. The molecule has 1 aliphatic heterocycles. The quantitative estimate of drug-likeness (QED) is 0.571. The normalized spacial score (nSPS) is 22.1. The van der Waals surface area contributed by atoms with Crippen LogP contribution in [0, 0.1) is 12.3 Å². The highest BCUT2D eigenvalue weighted by Gasteiger charge is 2.16. The van der Waals surface area contributed by atoms with Gasteiger partial charge in [0, 0.05) is 19.1 Å². The van der Waals surface area contributed by atoms with Crippen LogP contribution in [0.4, 0.5) is 0 Å². The smallest absolute Gasteiger partial charge is 0.0600 e. The molecule has 0 aromatic heterocycles. The van der Waals surface area contributed by atoms with E-state index in [1.165, 1.54) is 12.8 Å². The maximum Gasteiger partial charge on any atom is 0.0600 e. The van der Waals surface area contributed by atoms with Crippen LogP contribution in [0.5, 0.6) is 0 Å². The van der Waals surface area contributed by atoms with Gasteiger partial charge in [-0.15, -0.1) is 6.42 Å². The topological polar surface area (TPSA) is 35.5 Å². The summed E-state index contributed by atoms with van der Waals surface area (Å²) in [7, 11) is 0. The van der Waals surface area contributed by atoms with Gasteiger partial charge in [-0.05, 0) is 19.4 Å². The Morgan fingerprint density at radius 1 is 1.62 bits per heavy atom. The maximum atomic E-state index is 8.81. The zero-order valence-electron chi connectivity index (χ0n) is 8.00. The number of nitrogens with zero attached hydrogens (tertiary/aromatic N) is 1. The lowest BCUT2D eigenvalue weighted by Crippen LogP contribution is -2.39. The molecule has 0 bridgehead atoms. The molecule has 1 heterocycles. The van der Waals surface area contributed by atoms with Crippen LogP contribution < -0.4 is 5.32 Å². The summed E-state index contributed by atoms with van der Waals surface area (Å²) in [5.74, 6) is 2.61. The molecule has 0 aromatic rings. The largest absolute Gasteiger partial charge is 0.395 e. The lowest BCUT2D eigenvalue weighted by molar-refractivity contribution is 0.200. The monoisotopic (exact) mass is 182 g/mol. The van der Waals surface area contributed by atoms with Crippen molar-refractivity contribution < 1.29 is 5.11 Å². The van der Waals surface area contributed by atoms with E-state index in [9.17, 15) is 0 Å². The molecule has 1 fully saturated rings. The van der Waals surface area contributed by atoms with E-state index >= 15 is 0 Å². The highest BCUT2D eigenvalue weighted by atomic mass is 16.3. The minimum absolute atomic E-state index is 0.189. The van der Waals surface area contributed by atoms with Crippen molar-refractivity contribution in [3.05, 3.63) is 0 Å². The van der Waals surface area contributed by atoms with Gasteiger partial charge in [0.2, 0.25) is 0 Å². The lowest BCUT2D eigenvalue weighted by Gasteiger charge is -2.22. The van der Waals surface area contributed by atoms with Gasteiger partial charge in [0.1, 0.15) is 0 Å². The molecular weight excluding hydrogens is 164 g/mol. The summed E-state index contributed by atoms with van der Waals surface area (Å²) in [6.45, 7) is 3.59. The fourth-order valence-electron chi connectivity index (χ4n) is 1.73. The van der Waals surface area contributed by atoms with E-state index < -0.39 is 0 Å². The van der Waals surface area contributed by atoms with Crippen LogP contribution in [0.2, 0.25) is 0 Å². The minimum atomic E-state index is 0.189. The molecule has 1 aliphatic rings. The average Bonchev–Trinajstić information content (AvgIpc) is 2.58. The number of aliphatic hydroxyl groups is 1. The Kier molecular flexibility index (Phi) is 4.84. The first-order chi connectivity index (χ1) is 6.36. The van der Waals surface area contributed by atoms with Crippen molar-refractivity contribution in [2.24, 2.45) is 0 Å². The molecule has 2 N–H and O–H groups in total. The van der Waals surface area contributed by atoms with Gasteiger partial charge >= 0.3 is 0 Å². The number of hydrogen-bond donors (Lipinski definition) is 2. The third kappa shape index (κ3) is 3.77. The fourth-order valence-corrected chi connectivity index (χ4v) is 1.73. The molecule has 0 amide bonds. The molecule has 1 rings (SSSR count). The first-order valence-corrected chi connectivity index (χ1v) is 4.87. The number of hydrogen-bond acceptors (Lipinski definition) is 3. The summed E-state index contributed by atoms with van der Waals surface area (Å²) >= 11 is 0. The average molecular weight is 182 g/mol. The highest BCUT2D eigenvalue weighted by molar-refractivity contribution is 4.90. The molecule has 1 saturated heterocycles. The van der Waals surface area contributed by atoms with E-state index in [4.69, 9.17) is 11.5 Å². The summed E-state index contributed by atoms with van der Waals surface area (Å²) in [6, 6.07) is 0.569. The van der Waals surface area contributed by atoms with Crippen molar-refractivity contribution in [1.82, 2.24) is 10.2 Å². The van der Waals surface area contributed by atoms with Crippen molar-refractivity contribution >= 4 is 0 Å². The summed E-state index contributed by atoms with van der Waals surface area (Å²) < 4.78 is 0. The van der Waals surface area contributed by atoms with E-state index in [2.05, 4.69) is 16.1 Å². The molecule has 13 heavy (non-hydrogen) atoms. The Morgan fingerprint density at radius 3 is 3.00 bits per heavy atom. The van der Waals surface area contributed by atoms with Crippen LogP contribution in [0.3, 0.4) is 0 Å². The van der Waals surface area contributed by atoms with Gasteiger partial charge in [-0.3, -0.25) is 4.90 Å². The summed E-state index contributed by atoms with van der Waals surface area (Å²) in [5, 5.41) is 12.2. The van der Waals surface area contributed by atoms with Crippen LogP contribution in [0.1, 0.15) is 12.8 Å². The zero-order valence-corrected chi connectivity index (χ0v) is 8.00. The van der Waals surface area contributed by atoms with E-state index in [0.717, 1.165) is 13.1 Å². The second kappa shape index (κ2) is 5.98. The predicted molar refractivity (Wildman–Crippen MR) is 53.4 cm³/mol. The van der Waals surface area contributed by atoms with E-state index in [1.807, 2.05) is 0 Å². The summed E-state index contributed by atoms with van der Waals surface area (Å²) in [4.78, 5) is 2.11. The summed E-state index contributed by atoms with van der Waals surface area (Å²) in [5.41, 5.74) is 0. The standard InChI is InChI=1S/C10H18N2O/c1-2-6-12(7-8-13)9-10-4-3-5-11-10/h1,10-11,13H,3-9H2. The van der Waals surface area contributed by atoms with Gasteiger partial charge in [-0.25, -0.2) is 0 Å². The van der Waals surface area contributed by atoms with Gasteiger partial charge in [0.25, 0.3) is 0 Å². The zero-order chi connectivity index (χ0) is 9.52. The number of terminal acetylenes is 1. The van der Waals surface area contributed by atoms with Crippen molar-refractivity contribution in [2.75, 3.05) is 32.8 Å². The molecule has 74 valence electrons. The molecule has 0 aromatic carbocycles. The predicted octanol–water partition coefficient (Wildman–Crippen LogP) is -0.334. The number of nitrogens with one attached hydrogen (secondary N) is 1. The third-order valence-corrected chi connectivity index (χ3v) is 2.37. The number of aliphatic hydroxyl groups excluding tert-OH is 1. The van der Waals surface area contributed by atoms with Gasteiger partial charge in [-0.1, -0.05) is 5.92 Å².